The van der Waals surface area contributed by atoms with Gasteiger partial charge in [0.2, 0.25) is 0 Å². The molecule has 51 heavy (non-hydrogen) atoms. The third-order valence-corrected chi connectivity index (χ3v) is 8.19. The average Bonchev–Trinajstić information content (AvgIpc) is 3.85. The van der Waals surface area contributed by atoms with Gasteiger partial charge >= 0.3 is 18.3 Å². The van der Waals surface area contributed by atoms with E-state index >= 15 is 0 Å². The van der Waals surface area contributed by atoms with E-state index in [1.54, 1.807) is 18.2 Å². The third-order valence-electron chi connectivity index (χ3n) is 8.19. The second-order valence-electron chi connectivity index (χ2n) is 11.7. The molecular formula is C34H22F6N8O3. The molecule has 258 valence electrons. The molecule has 0 aliphatic carbocycles. The standard InChI is InChI=1S/C34H22F6N8O3/c1-46(2)31(49)21-7-5-19(13-25(21)33(35,36)37)47-15-29(42-44-47)17-3-9-27-23(11-17)24-12-18(4-10-28(24)41-27)30-16-48(45-43-30)20-6-8-22(32(50)51)26(14-20)34(38,39)40/h3-16,41H,1-2H3,(H,50,51). The van der Waals surface area contributed by atoms with Crippen LogP contribution < -0.4 is 0 Å². The average molecular weight is 705 g/mol. The number of carboxylic acid groups (broad SMARTS) is 1. The number of hydrogen-bond acceptors (Lipinski definition) is 6. The molecule has 1 amide bonds. The first kappa shape index (κ1) is 33.0. The highest BCUT2D eigenvalue weighted by Gasteiger charge is 2.37. The molecule has 0 aliphatic rings. The van der Waals surface area contributed by atoms with Gasteiger partial charge in [-0.3, -0.25) is 4.79 Å². The lowest BCUT2D eigenvalue weighted by Crippen LogP contribution is -2.25. The summed E-state index contributed by atoms with van der Waals surface area (Å²) in [5.74, 6) is -2.50. The summed E-state index contributed by atoms with van der Waals surface area (Å²) in [6, 6.07) is 16.8. The van der Waals surface area contributed by atoms with E-state index in [1.807, 2.05) is 18.2 Å². The number of hydrogen-bond donors (Lipinski definition) is 2. The molecule has 0 bridgehead atoms. The molecule has 4 aromatic carbocycles. The summed E-state index contributed by atoms with van der Waals surface area (Å²) < 4.78 is 84.8. The number of benzene rings is 4. The van der Waals surface area contributed by atoms with Crippen molar-refractivity contribution in [1.82, 2.24) is 39.9 Å². The van der Waals surface area contributed by atoms with E-state index in [-0.39, 0.29) is 11.4 Å². The fourth-order valence-corrected chi connectivity index (χ4v) is 5.69. The van der Waals surface area contributed by atoms with Crippen molar-refractivity contribution < 1.29 is 41.0 Å². The van der Waals surface area contributed by atoms with Gasteiger partial charge in [0.05, 0.1) is 46.0 Å². The van der Waals surface area contributed by atoms with Gasteiger partial charge in [-0.1, -0.05) is 22.6 Å². The van der Waals surface area contributed by atoms with Crippen molar-refractivity contribution in [2.45, 2.75) is 12.4 Å². The Morgan fingerprint density at radius 2 is 1.12 bits per heavy atom. The van der Waals surface area contributed by atoms with E-state index < -0.39 is 46.5 Å². The van der Waals surface area contributed by atoms with Gasteiger partial charge in [0, 0.05) is 47.0 Å². The number of alkyl halides is 6. The van der Waals surface area contributed by atoms with E-state index in [1.165, 1.54) is 43.3 Å². The first-order valence-electron chi connectivity index (χ1n) is 14.9. The van der Waals surface area contributed by atoms with Gasteiger partial charge in [0.15, 0.2) is 0 Å². The smallest absolute Gasteiger partial charge is 0.417 e. The molecule has 2 N–H and O–H groups in total. The van der Waals surface area contributed by atoms with Crippen molar-refractivity contribution in [2.75, 3.05) is 14.1 Å². The molecule has 0 unspecified atom stereocenters. The molecule has 11 nitrogen and oxygen atoms in total. The van der Waals surface area contributed by atoms with Crippen LogP contribution in [0.5, 0.6) is 0 Å². The van der Waals surface area contributed by atoms with E-state index in [9.17, 15) is 41.0 Å². The van der Waals surface area contributed by atoms with Crippen molar-refractivity contribution in [2.24, 2.45) is 0 Å². The van der Waals surface area contributed by atoms with E-state index in [0.717, 1.165) is 49.6 Å². The normalized spacial score (nSPS) is 12.2. The minimum Gasteiger partial charge on any atom is -0.478 e. The number of fused-ring (bicyclic) bond motifs is 3. The van der Waals surface area contributed by atoms with Crippen LogP contribution in [0.4, 0.5) is 26.3 Å². The number of H-pyrrole nitrogens is 1. The fourth-order valence-electron chi connectivity index (χ4n) is 5.69. The molecule has 7 rings (SSSR count). The molecule has 0 aliphatic heterocycles. The lowest BCUT2D eigenvalue weighted by atomic mass is 10.0. The third kappa shape index (κ3) is 6.02. The number of carboxylic acids is 1. The van der Waals surface area contributed by atoms with Crippen molar-refractivity contribution in [3.63, 3.8) is 0 Å². The summed E-state index contributed by atoms with van der Waals surface area (Å²) >= 11 is 0. The summed E-state index contributed by atoms with van der Waals surface area (Å²) in [4.78, 5) is 28.1. The Labute approximate surface area is 282 Å². The van der Waals surface area contributed by atoms with Crippen LogP contribution in [-0.2, 0) is 12.4 Å². The van der Waals surface area contributed by atoms with E-state index in [2.05, 4.69) is 25.6 Å². The van der Waals surface area contributed by atoms with Crippen LogP contribution in [-0.4, -0.2) is 70.9 Å². The zero-order valence-electron chi connectivity index (χ0n) is 26.2. The molecule has 3 aromatic heterocycles. The quantitative estimate of drug-likeness (QED) is 0.174. The predicted octanol–water partition coefficient (Wildman–Crippen LogP) is 7.25. The maximum atomic E-state index is 13.9. The summed E-state index contributed by atoms with van der Waals surface area (Å²) in [6.07, 6.45) is -6.81. The second-order valence-corrected chi connectivity index (χ2v) is 11.7. The number of aromatic nitrogens is 7. The van der Waals surface area contributed by atoms with Crippen LogP contribution in [0.3, 0.4) is 0 Å². The summed E-state index contributed by atoms with van der Waals surface area (Å²) in [5, 5.41) is 27.0. The van der Waals surface area contributed by atoms with Gasteiger partial charge < -0.3 is 15.0 Å². The predicted molar refractivity (Wildman–Crippen MR) is 171 cm³/mol. The first-order valence-corrected chi connectivity index (χ1v) is 14.9. The van der Waals surface area contributed by atoms with Crippen molar-refractivity contribution in [1.29, 1.82) is 0 Å². The topological polar surface area (TPSA) is 135 Å². The maximum absolute atomic E-state index is 13.9. The molecule has 0 fully saturated rings. The van der Waals surface area contributed by atoms with Gasteiger partial charge in [-0.25, -0.2) is 14.2 Å². The Morgan fingerprint density at radius 3 is 1.55 bits per heavy atom. The molecule has 0 spiro atoms. The minimum atomic E-state index is -4.91. The van der Waals surface area contributed by atoms with Crippen molar-refractivity contribution in [3.05, 3.63) is 107 Å². The molecular weight excluding hydrogens is 682 g/mol. The monoisotopic (exact) mass is 704 g/mol. The Morgan fingerprint density at radius 1 is 0.667 bits per heavy atom. The minimum absolute atomic E-state index is 0.0374. The molecule has 0 saturated heterocycles. The van der Waals surface area contributed by atoms with Crippen LogP contribution in [0, 0.1) is 0 Å². The van der Waals surface area contributed by atoms with Crippen LogP contribution in [0.15, 0.2) is 85.2 Å². The van der Waals surface area contributed by atoms with Crippen LogP contribution >= 0.6 is 0 Å². The number of rotatable bonds is 6. The number of carbonyl (C=O) groups excluding carboxylic acids is 1. The number of aromatic carboxylic acids is 1. The highest BCUT2D eigenvalue weighted by molar-refractivity contribution is 6.09. The lowest BCUT2D eigenvalue weighted by molar-refractivity contribution is -0.138. The van der Waals surface area contributed by atoms with Crippen LogP contribution in [0.25, 0.3) is 55.7 Å². The second kappa shape index (κ2) is 11.8. The molecule has 0 atom stereocenters. The SMILES string of the molecule is CN(C)C(=O)c1ccc(-n2cc(-c3ccc4[nH]c5ccc(-c6cn(-c7ccc(C(=O)O)c(C(F)(F)F)c7)nn6)cc5c4c3)nn2)cc1C(F)(F)F. The Balaban J connectivity index is 1.22. The molecule has 3 heterocycles. The van der Waals surface area contributed by atoms with Gasteiger partial charge in [-0.2, -0.15) is 26.3 Å². The van der Waals surface area contributed by atoms with Gasteiger partial charge in [-0.05, 0) is 60.7 Å². The van der Waals surface area contributed by atoms with Crippen molar-refractivity contribution in [3.8, 4) is 33.9 Å². The Bertz CT molecular complexity index is 2510. The van der Waals surface area contributed by atoms with Crippen LogP contribution in [0.2, 0.25) is 0 Å². The fraction of sp³-hybridized carbons (Fsp3) is 0.118. The van der Waals surface area contributed by atoms with E-state index in [4.69, 9.17) is 0 Å². The Hall–Kier alpha value is -6.52. The zero-order chi connectivity index (χ0) is 36.4. The lowest BCUT2D eigenvalue weighted by Gasteiger charge is -2.17. The highest BCUT2D eigenvalue weighted by Crippen LogP contribution is 2.36. The van der Waals surface area contributed by atoms with Gasteiger partial charge in [-0.15, -0.1) is 10.2 Å². The molecule has 17 heteroatoms. The van der Waals surface area contributed by atoms with E-state index in [0.29, 0.717) is 28.6 Å². The molecule has 7 aromatic rings. The summed E-state index contributed by atoms with van der Waals surface area (Å²) in [6.45, 7) is 0. The first-order chi connectivity index (χ1) is 24.1. The van der Waals surface area contributed by atoms with Crippen molar-refractivity contribution >= 4 is 33.7 Å². The van der Waals surface area contributed by atoms with Gasteiger partial charge in [0.1, 0.15) is 11.4 Å². The highest BCUT2D eigenvalue weighted by atomic mass is 19.4. The number of amides is 1. The summed E-state index contributed by atoms with van der Waals surface area (Å²) in [5.41, 5.74) is -0.391. The largest absolute Gasteiger partial charge is 0.478 e. The number of nitrogens with zero attached hydrogens (tertiary/aromatic N) is 7. The summed E-state index contributed by atoms with van der Waals surface area (Å²) in [7, 11) is 2.72. The maximum Gasteiger partial charge on any atom is 0.417 e. The Kier molecular flexibility index (Phi) is 7.65. The number of nitrogens with one attached hydrogen (secondary N) is 1. The molecule has 0 radical (unpaired) electrons. The number of halogens is 6. The number of carbonyl (C=O) groups is 2. The zero-order valence-corrected chi connectivity index (χ0v) is 26.2. The molecule has 0 saturated carbocycles. The number of aromatic amines is 1. The van der Waals surface area contributed by atoms with Gasteiger partial charge in [0.25, 0.3) is 5.91 Å². The van der Waals surface area contributed by atoms with Crippen LogP contribution in [0.1, 0.15) is 31.8 Å².